The molecule has 0 radical (unpaired) electrons. The first-order valence-electron chi connectivity index (χ1n) is 7.26. The van der Waals surface area contributed by atoms with Crippen LogP contribution >= 0.6 is 22.9 Å². The van der Waals surface area contributed by atoms with E-state index in [4.69, 9.17) is 11.6 Å². The van der Waals surface area contributed by atoms with E-state index in [0.29, 0.717) is 5.02 Å². The van der Waals surface area contributed by atoms with E-state index in [1.807, 2.05) is 41.1 Å². The quantitative estimate of drug-likeness (QED) is 0.878. The van der Waals surface area contributed by atoms with Gasteiger partial charge in [-0.05, 0) is 53.3 Å². The molecule has 3 nitrogen and oxygen atoms in total. The van der Waals surface area contributed by atoms with Crippen LogP contribution in [0.25, 0.3) is 0 Å². The Kier molecular flexibility index (Phi) is 4.26. The summed E-state index contributed by atoms with van der Waals surface area (Å²) in [5, 5.41) is 17.8. The number of hydrogen-bond acceptors (Lipinski definition) is 3. The summed E-state index contributed by atoms with van der Waals surface area (Å²) in [6, 6.07) is 9.53. The second-order valence-electron chi connectivity index (χ2n) is 5.97. The van der Waals surface area contributed by atoms with Crippen LogP contribution < -0.4 is 5.32 Å². The Morgan fingerprint density at radius 3 is 2.91 bits per heavy atom. The van der Waals surface area contributed by atoms with Crippen LogP contribution in [0.3, 0.4) is 0 Å². The molecule has 0 aliphatic heterocycles. The zero-order valence-electron chi connectivity index (χ0n) is 12.3. The van der Waals surface area contributed by atoms with Gasteiger partial charge in [0.2, 0.25) is 5.91 Å². The zero-order valence-corrected chi connectivity index (χ0v) is 13.8. The average Bonchev–Trinajstić information content (AvgIpc) is 3.07. The molecule has 1 amide bonds. The molecule has 1 aliphatic rings. The molecule has 3 unspecified atom stereocenters. The second-order valence-corrected chi connectivity index (χ2v) is 7.16. The maximum atomic E-state index is 12.3. The Balaban J connectivity index is 1.57. The van der Waals surface area contributed by atoms with Crippen molar-refractivity contribution in [2.24, 2.45) is 5.92 Å². The highest BCUT2D eigenvalue weighted by molar-refractivity contribution is 7.08. The Morgan fingerprint density at radius 1 is 1.45 bits per heavy atom. The van der Waals surface area contributed by atoms with Crippen LogP contribution in [0.4, 0.5) is 0 Å². The minimum atomic E-state index is -1.04. The maximum absolute atomic E-state index is 12.3. The number of carbonyl (C=O) groups is 1. The lowest BCUT2D eigenvalue weighted by Gasteiger charge is -2.22. The monoisotopic (exact) mass is 335 g/mol. The van der Waals surface area contributed by atoms with Gasteiger partial charge in [0.25, 0.3) is 0 Å². The molecular formula is C17H18ClNO2S. The first-order chi connectivity index (χ1) is 10.5. The molecule has 2 aromatic rings. The molecule has 1 saturated carbocycles. The molecule has 3 atom stereocenters. The number of halogens is 1. The standard InChI is InChI=1S/C17H18ClNO2S/c1-17(21,11-6-7-22-9-11)10-19-16(20)14-8-13(14)12-4-2-3-5-15(12)18/h2-7,9,13-14,21H,8,10H2,1H3,(H,19,20). The van der Waals surface area contributed by atoms with E-state index in [9.17, 15) is 9.90 Å². The maximum Gasteiger partial charge on any atom is 0.223 e. The van der Waals surface area contributed by atoms with Gasteiger partial charge >= 0.3 is 0 Å². The number of nitrogens with one attached hydrogen (secondary N) is 1. The Hall–Kier alpha value is -1.36. The van der Waals surface area contributed by atoms with Gasteiger partial charge in [-0.3, -0.25) is 4.79 Å². The fraction of sp³-hybridized carbons (Fsp3) is 0.353. The predicted octanol–water partition coefficient (Wildman–Crippen LogP) is 3.53. The van der Waals surface area contributed by atoms with E-state index in [1.54, 1.807) is 6.92 Å². The molecule has 3 rings (SSSR count). The number of amides is 1. The molecule has 0 saturated heterocycles. The molecule has 22 heavy (non-hydrogen) atoms. The Labute approximate surface area is 138 Å². The molecule has 0 spiro atoms. The van der Waals surface area contributed by atoms with Crippen LogP contribution in [0.2, 0.25) is 5.02 Å². The lowest BCUT2D eigenvalue weighted by molar-refractivity contribution is -0.123. The Bertz CT molecular complexity index is 669. The lowest BCUT2D eigenvalue weighted by atomic mass is 9.99. The van der Waals surface area contributed by atoms with Crippen LogP contribution in [0, 0.1) is 5.92 Å². The average molecular weight is 336 g/mol. The van der Waals surface area contributed by atoms with Crippen LogP contribution in [0.1, 0.15) is 30.4 Å². The third-order valence-corrected chi connectivity index (χ3v) is 5.21. The molecule has 1 fully saturated rings. The van der Waals surface area contributed by atoms with Gasteiger partial charge in [-0.2, -0.15) is 11.3 Å². The molecular weight excluding hydrogens is 318 g/mol. The van der Waals surface area contributed by atoms with Gasteiger partial charge < -0.3 is 10.4 Å². The van der Waals surface area contributed by atoms with E-state index in [1.165, 1.54) is 11.3 Å². The third kappa shape index (κ3) is 3.19. The van der Waals surface area contributed by atoms with Gasteiger partial charge in [-0.25, -0.2) is 0 Å². The van der Waals surface area contributed by atoms with Crippen LogP contribution in [0.15, 0.2) is 41.1 Å². The summed E-state index contributed by atoms with van der Waals surface area (Å²) in [6.45, 7) is 1.93. The lowest BCUT2D eigenvalue weighted by Crippen LogP contribution is -2.39. The van der Waals surface area contributed by atoms with Gasteiger partial charge in [-0.1, -0.05) is 29.8 Å². The summed E-state index contributed by atoms with van der Waals surface area (Å²) in [5.74, 6) is 0.137. The predicted molar refractivity (Wildman–Crippen MR) is 89.2 cm³/mol. The topological polar surface area (TPSA) is 49.3 Å². The molecule has 116 valence electrons. The number of thiophene rings is 1. The highest BCUT2D eigenvalue weighted by atomic mass is 35.5. The normalized spacial score (nSPS) is 22.9. The van der Waals surface area contributed by atoms with Gasteiger partial charge in [-0.15, -0.1) is 0 Å². The molecule has 0 bridgehead atoms. The van der Waals surface area contributed by atoms with Gasteiger partial charge in [0.05, 0.1) is 6.54 Å². The number of benzene rings is 1. The summed E-state index contributed by atoms with van der Waals surface area (Å²) < 4.78 is 0. The first kappa shape index (κ1) is 15.5. The molecule has 1 aromatic heterocycles. The van der Waals surface area contributed by atoms with E-state index in [0.717, 1.165) is 17.5 Å². The van der Waals surface area contributed by atoms with Crippen LogP contribution in [-0.4, -0.2) is 17.6 Å². The van der Waals surface area contributed by atoms with Gasteiger partial charge in [0.1, 0.15) is 5.60 Å². The fourth-order valence-corrected chi connectivity index (χ4v) is 3.73. The largest absolute Gasteiger partial charge is 0.384 e. The highest BCUT2D eigenvalue weighted by Gasteiger charge is 2.45. The van der Waals surface area contributed by atoms with Crippen molar-refractivity contribution < 1.29 is 9.90 Å². The van der Waals surface area contributed by atoms with Crippen molar-refractivity contribution in [2.75, 3.05) is 6.54 Å². The summed E-state index contributed by atoms with van der Waals surface area (Å²) in [5.41, 5.74) is 0.829. The third-order valence-electron chi connectivity index (χ3n) is 4.18. The van der Waals surface area contributed by atoms with Crippen LogP contribution in [-0.2, 0) is 10.4 Å². The molecule has 1 aliphatic carbocycles. The summed E-state index contributed by atoms with van der Waals surface area (Å²) in [7, 11) is 0. The Morgan fingerprint density at radius 2 is 2.23 bits per heavy atom. The van der Waals surface area contributed by atoms with E-state index >= 15 is 0 Å². The number of carbonyl (C=O) groups excluding carboxylic acids is 1. The zero-order chi connectivity index (χ0) is 15.7. The molecule has 5 heteroatoms. The molecule has 2 N–H and O–H groups in total. The van der Waals surface area contributed by atoms with Gasteiger partial charge in [0, 0.05) is 10.9 Å². The van der Waals surface area contributed by atoms with Crippen molar-refractivity contribution in [3.63, 3.8) is 0 Å². The van der Waals surface area contributed by atoms with Crippen molar-refractivity contribution in [1.29, 1.82) is 0 Å². The van der Waals surface area contributed by atoms with E-state index < -0.39 is 5.60 Å². The first-order valence-corrected chi connectivity index (χ1v) is 8.58. The smallest absolute Gasteiger partial charge is 0.223 e. The van der Waals surface area contributed by atoms with Crippen molar-refractivity contribution in [3.8, 4) is 0 Å². The summed E-state index contributed by atoms with van der Waals surface area (Å²) in [6.07, 6.45) is 0.816. The highest BCUT2D eigenvalue weighted by Crippen LogP contribution is 2.49. The van der Waals surface area contributed by atoms with Gasteiger partial charge in [0.15, 0.2) is 0 Å². The molecule has 1 aromatic carbocycles. The van der Waals surface area contributed by atoms with Crippen molar-refractivity contribution in [3.05, 3.63) is 57.2 Å². The molecule has 1 heterocycles. The van der Waals surface area contributed by atoms with E-state index in [-0.39, 0.29) is 24.3 Å². The van der Waals surface area contributed by atoms with E-state index in [2.05, 4.69) is 5.32 Å². The number of aliphatic hydroxyl groups is 1. The van der Waals surface area contributed by atoms with Crippen LogP contribution in [0.5, 0.6) is 0 Å². The van der Waals surface area contributed by atoms with Crippen molar-refractivity contribution in [1.82, 2.24) is 5.32 Å². The fourth-order valence-electron chi connectivity index (χ4n) is 2.67. The summed E-state index contributed by atoms with van der Waals surface area (Å²) in [4.78, 5) is 12.3. The summed E-state index contributed by atoms with van der Waals surface area (Å²) >= 11 is 7.71. The second kappa shape index (κ2) is 6.03. The number of rotatable bonds is 5. The number of hydrogen-bond donors (Lipinski definition) is 2. The minimum absolute atomic E-state index is 0.0135. The minimum Gasteiger partial charge on any atom is -0.384 e. The van der Waals surface area contributed by atoms with Crippen molar-refractivity contribution in [2.45, 2.75) is 24.9 Å². The van der Waals surface area contributed by atoms with Crippen molar-refractivity contribution >= 4 is 28.8 Å². The SMILES string of the molecule is CC(O)(CNC(=O)C1CC1c1ccccc1Cl)c1ccsc1.